The maximum Gasteiger partial charge on any atom is 0.337 e. The van der Waals surface area contributed by atoms with Crippen LogP contribution in [0.15, 0.2) is 0 Å². The van der Waals surface area contributed by atoms with E-state index in [4.69, 9.17) is 5.11 Å². The predicted octanol–water partition coefficient (Wildman–Crippen LogP) is 1.09. The van der Waals surface area contributed by atoms with Gasteiger partial charge < -0.3 is 20.8 Å². The van der Waals surface area contributed by atoms with Crippen LogP contribution in [0, 0.1) is 5.41 Å². The van der Waals surface area contributed by atoms with Gasteiger partial charge >= 0.3 is 12.0 Å². The van der Waals surface area contributed by atoms with Crippen molar-refractivity contribution < 1.29 is 19.8 Å². The average molecular weight is 272 g/mol. The molecule has 0 aromatic carbocycles. The molecule has 0 aliphatic heterocycles. The normalized spacial score (nSPS) is 22.3. The van der Waals surface area contributed by atoms with E-state index in [1.807, 2.05) is 0 Å². The molecule has 6 heteroatoms. The number of carbonyl (C=O) groups excluding carboxylic acids is 1. The lowest BCUT2D eigenvalue weighted by Crippen LogP contribution is -2.51. The molecule has 19 heavy (non-hydrogen) atoms. The van der Waals surface area contributed by atoms with Gasteiger partial charge in [0, 0.05) is 6.04 Å². The molecular weight excluding hydrogens is 248 g/mol. The van der Waals surface area contributed by atoms with E-state index >= 15 is 0 Å². The topological polar surface area (TPSA) is 98.7 Å². The molecular formula is C13H24N2O4. The predicted molar refractivity (Wildman–Crippen MR) is 70.8 cm³/mol. The van der Waals surface area contributed by atoms with Gasteiger partial charge in [-0.2, -0.15) is 0 Å². The summed E-state index contributed by atoms with van der Waals surface area (Å²) >= 11 is 0. The third kappa shape index (κ3) is 5.06. The highest BCUT2D eigenvalue weighted by Gasteiger charge is 2.31. The minimum atomic E-state index is -1.94. The molecule has 1 unspecified atom stereocenters. The fourth-order valence-corrected chi connectivity index (χ4v) is 2.11. The minimum absolute atomic E-state index is 0.128. The summed E-state index contributed by atoms with van der Waals surface area (Å²) in [5.74, 6) is -1.35. The third-order valence-electron chi connectivity index (χ3n) is 3.73. The smallest absolute Gasteiger partial charge is 0.337 e. The molecule has 1 atom stereocenters. The third-order valence-corrected chi connectivity index (χ3v) is 3.73. The van der Waals surface area contributed by atoms with Gasteiger partial charge in [-0.1, -0.05) is 13.8 Å². The van der Waals surface area contributed by atoms with Crippen molar-refractivity contribution in [3.63, 3.8) is 0 Å². The molecule has 6 nitrogen and oxygen atoms in total. The van der Waals surface area contributed by atoms with Crippen LogP contribution in [-0.4, -0.2) is 40.4 Å². The Morgan fingerprint density at radius 2 is 1.84 bits per heavy atom. The van der Waals surface area contributed by atoms with Crippen LogP contribution >= 0.6 is 0 Å². The zero-order chi connectivity index (χ0) is 14.7. The fourth-order valence-electron chi connectivity index (χ4n) is 2.11. The summed E-state index contributed by atoms with van der Waals surface area (Å²) in [7, 11) is 0. The van der Waals surface area contributed by atoms with Crippen LogP contribution in [0.4, 0.5) is 4.79 Å². The number of aliphatic hydroxyl groups is 1. The lowest BCUT2D eigenvalue weighted by molar-refractivity contribution is -0.155. The van der Waals surface area contributed by atoms with Crippen LogP contribution in [0.25, 0.3) is 0 Å². The fraction of sp³-hybridized carbons (Fsp3) is 0.846. The van der Waals surface area contributed by atoms with Crippen molar-refractivity contribution in [1.29, 1.82) is 0 Å². The number of carboxylic acid groups (broad SMARTS) is 1. The van der Waals surface area contributed by atoms with Gasteiger partial charge in [0.1, 0.15) is 0 Å². The van der Waals surface area contributed by atoms with Crippen molar-refractivity contribution in [3.8, 4) is 0 Å². The van der Waals surface area contributed by atoms with E-state index in [1.54, 1.807) is 0 Å². The summed E-state index contributed by atoms with van der Waals surface area (Å²) in [4.78, 5) is 22.3. The van der Waals surface area contributed by atoms with Gasteiger partial charge in [-0.25, -0.2) is 9.59 Å². The number of rotatable bonds is 4. The molecule has 2 amide bonds. The van der Waals surface area contributed by atoms with Crippen LogP contribution in [-0.2, 0) is 4.79 Å². The summed E-state index contributed by atoms with van der Waals surface area (Å²) in [6, 6.07) is -0.297. The van der Waals surface area contributed by atoms with Gasteiger partial charge in [0.25, 0.3) is 0 Å². The average Bonchev–Trinajstić information content (AvgIpc) is 2.29. The maximum absolute atomic E-state index is 11.6. The number of aliphatic carboxylic acids is 1. The van der Waals surface area contributed by atoms with E-state index in [1.165, 1.54) is 0 Å². The van der Waals surface area contributed by atoms with Crippen LogP contribution in [0.2, 0.25) is 0 Å². The van der Waals surface area contributed by atoms with E-state index in [0.717, 1.165) is 32.6 Å². The maximum atomic E-state index is 11.6. The first-order valence-corrected chi connectivity index (χ1v) is 6.62. The molecule has 0 aromatic heterocycles. The van der Waals surface area contributed by atoms with Gasteiger partial charge in [-0.05, 0) is 38.0 Å². The molecule has 110 valence electrons. The van der Waals surface area contributed by atoms with Crippen molar-refractivity contribution in [3.05, 3.63) is 0 Å². The molecule has 0 bridgehead atoms. The van der Waals surface area contributed by atoms with Crippen LogP contribution in [0.1, 0.15) is 46.5 Å². The summed E-state index contributed by atoms with van der Waals surface area (Å²) in [6.07, 6.45) is 3.97. The first kappa shape index (κ1) is 15.8. The zero-order valence-corrected chi connectivity index (χ0v) is 11.8. The second-order valence-corrected chi connectivity index (χ2v) is 6.34. The Morgan fingerprint density at radius 1 is 1.32 bits per heavy atom. The number of hydrogen-bond acceptors (Lipinski definition) is 3. The molecule has 0 saturated heterocycles. The Balaban J connectivity index is 2.31. The molecule has 1 rings (SSSR count). The van der Waals surface area contributed by atoms with Crippen LogP contribution in [0.3, 0.4) is 0 Å². The monoisotopic (exact) mass is 272 g/mol. The summed E-state index contributed by atoms with van der Waals surface area (Å²) in [5.41, 5.74) is -1.60. The highest BCUT2D eigenvalue weighted by atomic mass is 16.4. The second-order valence-electron chi connectivity index (χ2n) is 6.34. The van der Waals surface area contributed by atoms with Gasteiger partial charge in [0.2, 0.25) is 0 Å². The van der Waals surface area contributed by atoms with E-state index in [-0.39, 0.29) is 12.6 Å². The Bertz CT molecular complexity index is 343. The quantitative estimate of drug-likeness (QED) is 0.615. The molecule has 1 saturated carbocycles. The summed E-state index contributed by atoms with van der Waals surface area (Å²) < 4.78 is 0. The first-order chi connectivity index (χ1) is 8.62. The first-order valence-electron chi connectivity index (χ1n) is 6.62. The Morgan fingerprint density at radius 3 is 2.32 bits per heavy atom. The summed E-state index contributed by atoms with van der Waals surface area (Å²) in [6.45, 7) is 5.27. The number of carbonyl (C=O) groups is 2. The van der Waals surface area contributed by atoms with E-state index < -0.39 is 17.6 Å². The molecule has 1 aliphatic carbocycles. The molecule has 0 heterocycles. The molecule has 1 aliphatic rings. The number of hydrogen-bond donors (Lipinski definition) is 4. The molecule has 0 radical (unpaired) electrons. The molecule has 0 spiro atoms. The van der Waals surface area contributed by atoms with Crippen molar-refractivity contribution in [2.45, 2.75) is 58.1 Å². The number of amides is 2. The van der Waals surface area contributed by atoms with Gasteiger partial charge in [-0.3, -0.25) is 0 Å². The van der Waals surface area contributed by atoms with Crippen molar-refractivity contribution in [1.82, 2.24) is 10.6 Å². The SMILES string of the molecule is CC1(C)CCC(NC(=O)NCC(C)(O)C(=O)O)CC1. The standard InChI is InChI=1S/C13H24N2O4/c1-12(2)6-4-9(5-7-12)15-11(18)14-8-13(3,19)10(16)17/h9,19H,4-8H2,1-3H3,(H,16,17)(H2,14,15,18). The van der Waals surface area contributed by atoms with E-state index in [9.17, 15) is 14.7 Å². The van der Waals surface area contributed by atoms with Crippen LogP contribution in [0.5, 0.6) is 0 Å². The molecule has 0 aromatic rings. The van der Waals surface area contributed by atoms with Gasteiger partial charge in [0.15, 0.2) is 5.60 Å². The Labute approximate surface area is 113 Å². The lowest BCUT2D eigenvalue weighted by Gasteiger charge is -2.34. The lowest BCUT2D eigenvalue weighted by atomic mass is 9.76. The van der Waals surface area contributed by atoms with Crippen molar-refractivity contribution in [2.24, 2.45) is 5.41 Å². The molecule has 1 fully saturated rings. The number of urea groups is 1. The zero-order valence-electron chi connectivity index (χ0n) is 11.8. The van der Waals surface area contributed by atoms with E-state index in [2.05, 4.69) is 24.5 Å². The van der Waals surface area contributed by atoms with Gasteiger partial charge in [0.05, 0.1) is 6.54 Å². The highest BCUT2D eigenvalue weighted by molar-refractivity contribution is 5.79. The van der Waals surface area contributed by atoms with E-state index in [0.29, 0.717) is 5.41 Å². The summed E-state index contributed by atoms with van der Waals surface area (Å²) in [5, 5.41) is 23.4. The second kappa shape index (κ2) is 5.77. The molecule has 4 N–H and O–H groups in total. The highest BCUT2D eigenvalue weighted by Crippen LogP contribution is 2.34. The van der Waals surface area contributed by atoms with Crippen molar-refractivity contribution in [2.75, 3.05) is 6.54 Å². The largest absolute Gasteiger partial charge is 0.479 e. The Kier molecular flexibility index (Phi) is 4.79. The number of nitrogens with one attached hydrogen (secondary N) is 2. The number of carboxylic acids is 1. The van der Waals surface area contributed by atoms with Crippen molar-refractivity contribution >= 4 is 12.0 Å². The van der Waals surface area contributed by atoms with Crippen LogP contribution < -0.4 is 10.6 Å². The Hall–Kier alpha value is -1.30. The minimum Gasteiger partial charge on any atom is -0.479 e. The van der Waals surface area contributed by atoms with Gasteiger partial charge in [-0.15, -0.1) is 0 Å².